The molecule has 0 saturated carbocycles. The summed E-state index contributed by atoms with van der Waals surface area (Å²) >= 11 is 7.19. The summed E-state index contributed by atoms with van der Waals surface area (Å²) in [5.41, 5.74) is 0. The quantitative estimate of drug-likeness (QED) is 0.618. The number of hydrogen-bond donors (Lipinski definition) is 0. The molecule has 0 aromatic carbocycles. The van der Waals surface area contributed by atoms with Crippen molar-refractivity contribution in [2.45, 2.75) is 20.4 Å². The highest BCUT2D eigenvalue weighted by atomic mass is 35.5. The number of rotatable bonds is 10. The molecule has 1 aromatic rings. The summed E-state index contributed by atoms with van der Waals surface area (Å²) in [6.45, 7) is 9.36. The van der Waals surface area contributed by atoms with Gasteiger partial charge < -0.3 is 9.47 Å². The minimum atomic E-state index is 0.486. The first-order chi connectivity index (χ1) is 8.76. The number of nitrogens with zero attached hydrogens (tertiary/aromatic N) is 3. The predicted octanol–water partition coefficient (Wildman–Crippen LogP) is 2.07. The van der Waals surface area contributed by atoms with E-state index in [0.717, 1.165) is 51.1 Å². The summed E-state index contributed by atoms with van der Waals surface area (Å²) in [6.07, 6.45) is 0. The van der Waals surface area contributed by atoms with Gasteiger partial charge in [0.15, 0.2) is 0 Å². The fraction of sp³-hybridized carbons (Fsp3) is 0.818. The normalized spacial score (nSPS) is 11.3. The van der Waals surface area contributed by atoms with Crippen LogP contribution in [-0.2, 0) is 16.0 Å². The van der Waals surface area contributed by atoms with Gasteiger partial charge in [0.25, 0.3) is 0 Å². The van der Waals surface area contributed by atoms with Crippen LogP contribution in [0.5, 0.6) is 0 Å². The van der Waals surface area contributed by atoms with Gasteiger partial charge >= 0.3 is 0 Å². The molecular weight excluding hydrogens is 274 g/mol. The Morgan fingerprint density at radius 3 is 2.17 bits per heavy atom. The van der Waals surface area contributed by atoms with Crippen molar-refractivity contribution in [1.29, 1.82) is 0 Å². The molecule has 0 aliphatic rings. The summed E-state index contributed by atoms with van der Waals surface area (Å²) < 4.78 is 11.2. The maximum atomic E-state index is 5.77. The van der Waals surface area contributed by atoms with Crippen LogP contribution >= 0.6 is 22.9 Å². The second-order valence-corrected chi connectivity index (χ2v) is 5.26. The van der Waals surface area contributed by atoms with E-state index in [1.165, 1.54) is 11.3 Å². The Bertz CT molecular complexity index is 315. The molecule has 104 valence electrons. The lowest BCUT2D eigenvalue weighted by Crippen LogP contribution is -2.30. The molecule has 7 heteroatoms. The second-order valence-electron chi connectivity index (χ2n) is 3.62. The molecule has 0 atom stereocenters. The molecule has 0 aliphatic carbocycles. The summed E-state index contributed by atoms with van der Waals surface area (Å²) in [6, 6.07) is 0. The minimum absolute atomic E-state index is 0.486. The van der Waals surface area contributed by atoms with E-state index in [2.05, 4.69) is 15.1 Å². The van der Waals surface area contributed by atoms with Crippen molar-refractivity contribution in [1.82, 2.24) is 15.1 Å². The van der Waals surface area contributed by atoms with Gasteiger partial charge in [-0.3, -0.25) is 4.90 Å². The average Bonchev–Trinajstić information content (AvgIpc) is 2.75. The number of halogens is 1. The van der Waals surface area contributed by atoms with Crippen molar-refractivity contribution in [3.63, 3.8) is 0 Å². The summed E-state index contributed by atoms with van der Waals surface area (Å²) in [5.74, 6) is 0. The smallest absolute Gasteiger partial charge is 0.207 e. The highest BCUT2D eigenvalue weighted by molar-refractivity contribution is 7.15. The van der Waals surface area contributed by atoms with Crippen LogP contribution in [0.4, 0.5) is 0 Å². The van der Waals surface area contributed by atoms with Crippen LogP contribution in [-0.4, -0.2) is 54.6 Å². The van der Waals surface area contributed by atoms with Crippen molar-refractivity contribution in [2.24, 2.45) is 0 Å². The standard InChI is InChI=1S/C11H20ClN3O2S/c1-3-16-7-5-15(6-8-17-4-2)9-10-13-14-11(12)18-10/h3-9H2,1-2H3. The third-order valence-corrected chi connectivity index (χ3v) is 3.32. The maximum Gasteiger partial charge on any atom is 0.207 e. The lowest BCUT2D eigenvalue weighted by atomic mass is 10.4. The van der Waals surface area contributed by atoms with Crippen LogP contribution in [0.3, 0.4) is 0 Å². The summed E-state index contributed by atoms with van der Waals surface area (Å²) in [5, 5.41) is 8.76. The molecule has 5 nitrogen and oxygen atoms in total. The van der Waals surface area contributed by atoms with E-state index in [1.54, 1.807) is 0 Å². The summed E-state index contributed by atoms with van der Waals surface area (Å²) in [4.78, 5) is 2.24. The van der Waals surface area contributed by atoms with E-state index < -0.39 is 0 Å². The molecule has 1 heterocycles. The lowest BCUT2D eigenvalue weighted by molar-refractivity contribution is 0.0796. The highest BCUT2D eigenvalue weighted by Gasteiger charge is 2.09. The molecule has 0 aliphatic heterocycles. The highest BCUT2D eigenvalue weighted by Crippen LogP contribution is 2.16. The second kappa shape index (κ2) is 9.63. The zero-order valence-electron chi connectivity index (χ0n) is 10.9. The first-order valence-corrected chi connectivity index (χ1v) is 7.31. The first kappa shape index (κ1) is 15.8. The number of hydrogen-bond acceptors (Lipinski definition) is 6. The third-order valence-electron chi connectivity index (χ3n) is 2.31. The van der Waals surface area contributed by atoms with Gasteiger partial charge in [-0.15, -0.1) is 10.2 Å². The maximum absolute atomic E-state index is 5.77. The molecule has 0 radical (unpaired) electrons. The van der Waals surface area contributed by atoms with Crippen molar-refractivity contribution in [2.75, 3.05) is 39.5 Å². The summed E-state index contributed by atoms with van der Waals surface area (Å²) in [7, 11) is 0. The van der Waals surface area contributed by atoms with E-state index in [4.69, 9.17) is 21.1 Å². The Labute approximate surface area is 117 Å². The van der Waals surface area contributed by atoms with Crippen molar-refractivity contribution in [3.8, 4) is 0 Å². The molecule has 0 spiro atoms. The van der Waals surface area contributed by atoms with Gasteiger partial charge in [0.2, 0.25) is 4.47 Å². The number of aromatic nitrogens is 2. The van der Waals surface area contributed by atoms with E-state index in [1.807, 2.05) is 13.8 Å². The van der Waals surface area contributed by atoms with E-state index >= 15 is 0 Å². The van der Waals surface area contributed by atoms with Crippen LogP contribution in [0, 0.1) is 0 Å². The van der Waals surface area contributed by atoms with Crippen molar-refractivity contribution < 1.29 is 9.47 Å². The Balaban J connectivity index is 2.37. The van der Waals surface area contributed by atoms with Crippen LogP contribution in [0.25, 0.3) is 0 Å². The molecule has 1 rings (SSSR count). The molecule has 0 bridgehead atoms. The van der Waals surface area contributed by atoms with Gasteiger partial charge in [-0.05, 0) is 25.4 Å². The molecule has 1 aromatic heterocycles. The van der Waals surface area contributed by atoms with Crippen LogP contribution in [0.2, 0.25) is 4.47 Å². The van der Waals surface area contributed by atoms with E-state index in [-0.39, 0.29) is 0 Å². The van der Waals surface area contributed by atoms with Gasteiger partial charge in [0.05, 0.1) is 19.8 Å². The lowest BCUT2D eigenvalue weighted by Gasteiger charge is -2.20. The SMILES string of the molecule is CCOCCN(CCOCC)Cc1nnc(Cl)s1. The Morgan fingerprint density at radius 1 is 1.11 bits per heavy atom. The van der Waals surface area contributed by atoms with Gasteiger partial charge in [-0.1, -0.05) is 11.3 Å². The molecule has 0 N–H and O–H groups in total. The fourth-order valence-electron chi connectivity index (χ4n) is 1.43. The molecule has 0 fully saturated rings. The van der Waals surface area contributed by atoms with Crippen molar-refractivity contribution in [3.05, 3.63) is 9.47 Å². The third kappa shape index (κ3) is 6.61. The molecule has 0 amide bonds. The first-order valence-electron chi connectivity index (χ1n) is 6.12. The van der Waals surface area contributed by atoms with E-state index in [9.17, 15) is 0 Å². The van der Waals surface area contributed by atoms with Crippen LogP contribution < -0.4 is 0 Å². The predicted molar refractivity (Wildman–Crippen MR) is 73.2 cm³/mol. The largest absolute Gasteiger partial charge is 0.380 e. The fourth-order valence-corrected chi connectivity index (χ4v) is 2.34. The molecular formula is C11H20ClN3O2S. The van der Waals surface area contributed by atoms with Gasteiger partial charge in [-0.25, -0.2) is 0 Å². The van der Waals surface area contributed by atoms with Crippen LogP contribution in [0.15, 0.2) is 0 Å². The van der Waals surface area contributed by atoms with Gasteiger partial charge in [0.1, 0.15) is 5.01 Å². The molecule has 0 unspecified atom stereocenters. The Morgan fingerprint density at radius 2 is 1.72 bits per heavy atom. The molecule has 0 saturated heterocycles. The Kier molecular flexibility index (Phi) is 8.45. The van der Waals surface area contributed by atoms with Gasteiger partial charge in [-0.2, -0.15) is 0 Å². The van der Waals surface area contributed by atoms with E-state index in [0.29, 0.717) is 4.47 Å². The van der Waals surface area contributed by atoms with Crippen LogP contribution in [0.1, 0.15) is 18.9 Å². The number of ether oxygens (including phenoxy) is 2. The Hall–Kier alpha value is -0.270. The van der Waals surface area contributed by atoms with Gasteiger partial charge in [0, 0.05) is 26.3 Å². The monoisotopic (exact) mass is 293 g/mol. The zero-order chi connectivity index (χ0) is 13.2. The average molecular weight is 294 g/mol. The molecule has 18 heavy (non-hydrogen) atoms. The van der Waals surface area contributed by atoms with Crippen molar-refractivity contribution >= 4 is 22.9 Å². The zero-order valence-corrected chi connectivity index (χ0v) is 12.5. The minimum Gasteiger partial charge on any atom is -0.380 e. The topological polar surface area (TPSA) is 47.5 Å².